The average molecular weight is 330 g/mol. The number of rotatable bonds is 2. The number of pyridine rings is 1. The van der Waals surface area contributed by atoms with Crippen molar-refractivity contribution in [3.63, 3.8) is 0 Å². The Balaban J connectivity index is 1.94. The van der Waals surface area contributed by atoms with Crippen LogP contribution in [0.4, 0.5) is 0 Å². The van der Waals surface area contributed by atoms with E-state index in [4.69, 9.17) is 0 Å². The smallest absolute Gasteiger partial charge is 0.332 e. The van der Waals surface area contributed by atoms with Crippen molar-refractivity contribution in [3.8, 4) is 0 Å². The maximum atomic E-state index is 12.5. The predicted molar refractivity (Wildman–Crippen MR) is 91.1 cm³/mol. The molecular formula is C17H22N4O3. The van der Waals surface area contributed by atoms with Crippen LogP contribution < -0.4 is 16.6 Å². The zero-order valence-corrected chi connectivity index (χ0v) is 14.2. The number of carbonyl (C=O) groups excluding carboxylic acids is 1. The van der Waals surface area contributed by atoms with Gasteiger partial charge in [0.1, 0.15) is 5.65 Å². The first-order valence-electron chi connectivity index (χ1n) is 8.25. The molecule has 128 valence electrons. The topological polar surface area (TPSA) is 86.0 Å². The van der Waals surface area contributed by atoms with Gasteiger partial charge in [-0.05, 0) is 24.8 Å². The van der Waals surface area contributed by atoms with Gasteiger partial charge in [-0.2, -0.15) is 0 Å². The van der Waals surface area contributed by atoms with Gasteiger partial charge in [-0.15, -0.1) is 0 Å². The molecule has 7 heteroatoms. The molecule has 2 aromatic rings. The molecule has 3 rings (SSSR count). The fourth-order valence-corrected chi connectivity index (χ4v) is 3.42. The fourth-order valence-electron chi connectivity index (χ4n) is 3.42. The molecule has 2 atom stereocenters. The minimum atomic E-state index is -0.443. The van der Waals surface area contributed by atoms with E-state index in [0.717, 1.165) is 23.8 Å². The van der Waals surface area contributed by atoms with Crippen LogP contribution in [0.1, 0.15) is 43.0 Å². The van der Waals surface area contributed by atoms with Crippen molar-refractivity contribution in [2.75, 3.05) is 0 Å². The van der Waals surface area contributed by atoms with Gasteiger partial charge in [-0.25, -0.2) is 9.78 Å². The largest absolute Gasteiger partial charge is 0.349 e. The van der Waals surface area contributed by atoms with Crippen molar-refractivity contribution in [3.05, 3.63) is 38.7 Å². The minimum absolute atomic E-state index is 0.167. The molecule has 1 aliphatic rings. The average Bonchev–Trinajstić information content (AvgIpc) is 2.57. The second-order valence-corrected chi connectivity index (χ2v) is 6.74. The molecule has 1 aliphatic carbocycles. The third kappa shape index (κ3) is 2.86. The number of nitrogens with zero attached hydrogens (tertiary/aromatic N) is 3. The van der Waals surface area contributed by atoms with Crippen LogP contribution in [-0.2, 0) is 14.1 Å². The summed E-state index contributed by atoms with van der Waals surface area (Å²) < 4.78 is 2.33. The molecule has 1 N–H and O–H groups in total. The third-order valence-corrected chi connectivity index (χ3v) is 4.83. The number of hydrogen-bond donors (Lipinski definition) is 1. The highest BCUT2D eigenvalue weighted by molar-refractivity contribution is 5.96. The van der Waals surface area contributed by atoms with Gasteiger partial charge in [-0.1, -0.05) is 19.8 Å². The van der Waals surface area contributed by atoms with Crippen LogP contribution in [0, 0.1) is 5.92 Å². The number of amides is 1. The van der Waals surface area contributed by atoms with Crippen molar-refractivity contribution in [1.82, 2.24) is 19.4 Å². The Morgan fingerprint density at radius 2 is 2.00 bits per heavy atom. The van der Waals surface area contributed by atoms with Gasteiger partial charge in [0, 0.05) is 26.3 Å². The van der Waals surface area contributed by atoms with Crippen molar-refractivity contribution < 1.29 is 4.79 Å². The SMILES string of the molecule is CC1CCCC(NC(=O)c2cnc3c(c2)c(=O)n(C)c(=O)n3C)C1. The second-order valence-electron chi connectivity index (χ2n) is 6.74. The molecule has 1 amide bonds. The van der Waals surface area contributed by atoms with Gasteiger partial charge in [0.15, 0.2) is 0 Å². The van der Waals surface area contributed by atoms with Gasteiger partial charge in [-0.3, -0.25) is 18.7 Å². The van der Waals surface area contributed by atoms with Crippen molar-refractivity contribution in [1.29, 1.82) is 0 Å². The first-order chi connectivity index (χ1) is 11.4. The number of aryl methyl sites for hydroxylation is 1. The number of aromatic nitrogens is 3. The molecule has 0 radical (unpaired) electrons. The summed E-state index contributed by atoms with van der Waals surface area (Å²) in [5, 5.41) is 3.30. The normalized spacial score (nSPS) is 21.0. The summed E-state index contributed by atoms with van der Waals surface area (Å²) in [5.41, 5.74) is -0.252. The monoisotopic (exact) mass is 330 g/mol. The lowest BCUT2D eigenvalue weighted by Crippen LogP contribution is -2.39. The van der Waals surface area contributed by atoms with E-state index in [1.807, 2.05) is 0 Å². The van der Waals surface area contributed by atoms with Crippen LogP contribution in [0.5, 0.6) is 0 Å². The Kier molecular flexibility index (Phi) is 4.26. The minimum Gasteiger partial charge on any atom is -0.349 e. The van der Waals surface area contributed by atoms with Crippen molar-refractivity contribution >= 4 is 16.9 Å². The zero-order valence-electron chi connectivity index (χ0n) is 14.2. The Hall–Kier alpha value is -2.44. The molecule has 7 nitrogen and oxygen atoms in total. The lowest BCUT2D eigenvalue weighted by atomic mass is 9.87. The molecule has 0 bridgehead atoms. The molecule has 2 heterocycles. The van der Waals surface area contributed by atoms with Gasteiger partial charge < -0.3 is 5.32 Å². The lowest BCUT2D eigenvalue weighted by Gasteiger charge is -2.27. The Labute approximate surface area is 139 Å². The molecule has 1 fully saturated rings. The molecule has 24 heavy (non-hydrogen) atoms. The van der Waals surface area contributed by atoms with Crippen LogP contribution in [0.2, 0.25) is 0 Å². The van der Waals surface area contributed by atoms with Crippen LogP contribution in [-0.4, -0.2) is 26.1 Å². The summed E-state index contributed by atoms with van der Waals surface area (Å²) in [7, 11) is 2.97. The maximum Gasteiger partial charge on any atom is 0.332 e. The van der Waals surface area contributed by atoms with E-state index in [-0.39, 0.29) is 23.0 Å². The highest BCUT2D eigenvalue weighted by Gasteiger charge is 2.21. The summed E-state index contributed by atoms with van der Waals surface area (Å²) in [5.74, 6) is 0.389. The molecule has 0 aliphatic heterocycles. The standard InChI is InChI=1S/C17H22N4O3/c1-10-5-4-6-12(7-10)19-15(22)11-8-13-14(18-9-11)20(2)17(24)21(3)16(13)23/h8-10,12H,4-7H2,1-3H3,(H,19,22). The predicted octanol–water partition coefficient (Wildman–Crippen LogP) is 0.941. The molecule has 2 unspecified atom stereocenters. The summed E-state index contributed by atoms with van der Waals surface area (Å²) in [6.45, 7) is 2.19. The first kappa shape index (κ1) is 16.4. The van der Waals surface area contributed by atoms with Crippen molar-refractivity contribution in [2.45, 2.75) is 38.6 Å². The molecule has 0 spiro atoms. The van der Waals surface area contributed by atoms with Crippen molar-refractivity contribution in [2.24, 2.45) is 20.0 Å². The molecule has 1 saturated carbocycles. The zero-order chi connectivity index (χ0) is 17.4. The Morgan fingerprint density at radius 1 is 1.25 bits per heavy atom. The van der Waals surface area contributed by atoms with E-state index >= 15 is 0 Å². The Bertz CT molecular complexity index is 912. The summed E-state index contributed by atoms with van der Waals surface area (Å²) >= 11 is 0. The maximum absolute atomic E-state index is 12.5. The number of hydrogen-bond acceptors (Lipinski definition) is 4. The first-order valence-corrected chi connectivity index (χ1v) is 8.25. The van der Waals surface area contributed by atoms with Crippen LogP contribution in [0.25, 0.3) is 11.0 Å². The van der Waals surface area contributed by atoms with E-state index in [9.17, 15) is 14.4 Å². The van der Waals surface area contributed by atoms with Gasteiger partial charge in [0.2, 0.25) is 0 Å². The highest BCUT2D eigenvalue weighted by atomic mass is 16.2. The van der Waals surface area contributed by atoms with E-state index < -0.39 is 11.2 Å². The van der Waals surface area contributed by atoms with Gasteiger partial charge in [0.25, 0.3) is 11.5 Å². The van der Waals surface area contributed by atoms with Crippen LogP contribution in [0.15, 0.2) is 21.9 Å². The summed E-state index contributed by atoms with van der Waals surface area (Å²) in [6.07, 6.45) is 5.69. The lowest BCUT2D eigenvalue weighted by molar-refractivity contribution is 0.0921. The van der Waals surface area contributed by atoms with Gasteiger partial charge >= 0.3 is 5.69 Å². The van der Waals surface area contributed by atoms with Crippen LogP contribution in [0.3, 0.4) is 0 Å². The highest BCUT2D eigenvalue weighted by Crippen LogP contribution is 2.23. The van der Waals surface area contributed by atoms with Crippen LogP contribution >= 0.6 is 0 Å². The molecular weight excluding hydrogens is 308 g/mol. The van der Waals surface area contributed by atoms with E-state index in [1.165, 1.54) is 30.3 Å². The quantitative estimate of drug-likeness (QED) is 0.888. The fraction of sp³-hybridized carbons (Fsp3) is 0.529. The molecule has 2 aromatic heterocycles. The number of fused-ring (bicyclic) bond motifs is 1. The number of nitrogens with one attached hydrogen (secondary N) is 1. The molecule has 0 saturated heterocycles. The summed E-state index contributed by atoms with van der Waals surface area (Å²) in [4.78, 5) is 40.9. The van der Waals surface area contributed by atoms with E-state index in [0.29, 0.717) is 11.5 Å². The number of carbonyl (C=O) groups is 1. The molecule has 0 aromatic carbocycles. The Morgan fingerprint density at radius 3 is 2.71 bits per heavy atom. The van der Waals surface area contributed by atoms with Gasteiger partial charge in [0.05, 0.1) is 10.9 Å². The summed E-state index contributed by atoms with van der Waals surface area (Å²) in [6, 6.07) is 1.69. The van der Waals surface area contributed by atoms with E-state index in [2.05, 4.69) is 17.2 Å². The third-order valence-electron chi connectivity index (χ3n) is 4.83. The van der Waals surface area contributed by atoms with E-state index in [1.54, 1.807) is 7.05 Å². The second kappa shape index (κ2) is 6.22.